The van der Waals surface area contributed by atoms with Crippen LogP contribution in [0.4, 0.5) is 0 Å². The van der Waals surface area contributed by atoms with Gasteiger partial charge in [-0.15, -0.1) is 0 Å². The lowest BCUT2D eigenvalue weighted by atomic mass is 9.95. The molecule has 3 aliphatic heterocycles. The van der Waals surface area contributed by atoms with Crippen molar-refractivity contribution in [3.63, 3.8) is 0 Å². The largest absolute Gasteiger partial charge is 0.475 e. The maximum Gasteiger partial charge on any atom is 0.475 e. The van der Waals surface area contributed by atoms with Gasteiger partial charge in [0.1, 0.15) is 54.8 Å². The van der Waals surface area contributed by atoms with Gasteiger partial charge in [-0.3, -0.25) is 37.5 Å². The predicted octanol–water partition coefficient (Wildman–Crippen LogP) is 12.1. The molecule has 0 aromatic heterocycles. The average Bonchev–Trinajstić information content (AvgIpc) is 0.864. The summed E-state index contributed by atoms with van der Waals surface area (Å²) in [5.41, 5.74) is 14.1. The number of phosphoric ester groups is 1. The van der Waals surface area contributed by atoms with E-state index in [0.29, 0.717) is 23.1 Å². The van der Waals surface area contributed by atoms with Crippen LogP contribution in [0, 0.1) is 0 Å². The molecule has 2 fully saturated rings. The fourth-order valence-corrected chi connectivity index (χ4v) is 12.8. The molecular formula is C68H93N4O20PSi. The van der Waals surface area contributed by atoms with Crippen molar-refractivity contribution in [3.8, 4) is 0 Å². The van der Waals surface area contributed by atoms with E-state index in [1.807, 2.05) is 132 Å². The molecule has 0 spiro atoms. The van der Waals surface area contributed by atoms with Crippen LogP contribution in [0.1, 0.15) is 135 Å². The van der Waals surface area contributed by atoms with Crippen molar-refractivity contribution >= 4 is 45.9 Å². The highest BCUT2D eigenvalue weighted by atomic mass is 31.2. The number of carbonyl (C=O) groups is 5. The number of carbonyl (C=O) groups excluding carboxylic acids is 5. The van der Waals surface area contributed by atoms with Gasteiger partial charge in [0, 0.05) is 17.8 Å². The molecular weight excluding hydrogens is 1250 g/mol. The number of rotatable bonds is 34. The summed E-state index contributed by atoms with van der Waals surface area (Å²) < 4.78 is 105. The third kappa shape index (κ3) is 22.3. The van der Waals surface area contributed by atoms with Crippen LogP contribution in [0.15, 0.2) is 120 Å². The van der Waals surface area contributed by atoms with Gasteiger partial charge in [0.15, 0.2) is 27.0 Å². The minimum Gasteiger partial charge on any atom is -0.462 e. The van der Waals surface area contributed by atoms with Gasteiger partial charge in [0.2, 0.25) is 5.91 Å². The summed E-state index contributed by atoms with van der Waals surface area (Å²) in [7, 11) is -7.61. The zero-order valence-electron chi connectivity index (χ0n) is 55.5. The Morgan fingerprint density at radius 3 is 1.63 bits per heavy atom. The van der Waals surface area contributed by atoms with Crippen molar-refractivity contribution in [1.82, 2.24) is 5.32 Å². The number of hydrogen-bond donors (Lipinski definition) is 1. The number of amides is 1. The van der Waals surface area contributed by atoms with Gasteiger partial charge in [-0.05, 0) is 70.7 Å². The maximum absolute atomic E-state index is 15.2. The molecule has 0 saturated carbocycles. The first-order valence-corrected chi connectivity index (χ1v) is 36.7. The Labute approximate surface area is 552 Å². The SMILES string of the molecule is CCC(=O)O[C@H](CC)CC(=O)NC1[C@H](OCC2OC(O[Si](C)(C)C(C)(C)C)C(N=[N+]=[N-])[C@@H](OC(=O)C[C@@H](CC)OCc3ccccc3)[C@H]2OCc2ccccc2)OC(COCc2ccccc2)[C@H](OP2(=O)OCc3ccccc3CO2)[C@@H]1OC(=O)C[C@@H](CC)OC(=O)CC. The Morgan fingerprint density at radius 2 is 1.10 bits per heavy atom. The van der Waals surface area contributed by atoms with Gasteiger partial charge in [-0.25, -0.2) is 4.57 Å². The first kappa shape index (κ1) is 75.0. The highest BCUT2D eigenvalue weighted by Gasteiger charge is 2.56. The topological polar surface area (TPSA) is 292 Å². The second-order valence-electron chi connectivity index (χ2n) is 24.8. The van der Waals surface area contributed by atoms with E-state index in [1.165, 1.54) is 0 Å². The van der Waals surface area contributed by atoms with E-state index in [4.69, 9.17) is 65.4 Å². The molecule has 26 heteroatoms. The number of benzene rings is 4. The minimum atomic E-state index is -4.71. The summed E-state index contributed by atoms with van der Waals surface area (Å²) in [4.78, 5) is 72.8. The molecule has 514 valence electrons. The Kier molecular flexibility index (Phi) is 29.2. The average molecular weight is 1350 g/mol. The van der Waals surface area contributed by atoms with Gasteiger partial charge >= 0.3 is 31.7 Å². The maximum atomic E-state index is 15.2. The molecule has 4 aromatic carbocycles. The molecule has 2 saturated heterocycles. The summed E-state index contributed by atoms with van der Waals surface area (Å²) in [6, 6.07) is 32.1. The zero-order chi connectivity index (χ0) is 67.8. The van der Waals surface area contributed by atoms with Crippen LogP contribution in [-0.2, 0) is 127 Å². The van der Waals surface area contributed by atoms with E-state index < -0.39 is 150 Å². The molecule has 13 atom stereocenters. The van der Waals surface area contributed by atoms with Crippen molar-refractivity contribution in [2.75, 3.05) is 13.2 Å². The molecule has 4 aromatic rings. The molecule has 94 heavy (non-hydrogen) atoms. The fraction of sp³-hybridized carbons (Fsp3) is 0.574. The lowest BCUT2D eigenvalue weighted by Gasteiger charge is -2.49. The van der Waals surface area contributed by atoms with E-state index in [0.717, 1.165) is 11.1 Å². The Balaban J connectivity index is 1.35. The van der Waals surface area contributed by atoms with E-state index in [9.17, 15) is 29.5 Å². The van der Waals surface area contributed by atoms with E-state index in [-0.39, 0.29) is 71.7 Å². The first-order valence-electron chi connectivity index (χ1n) is 32.4. The zero-order valence-corrected chi connectivity index (χ0v) is 57.4. The van der Waals surface area contributed by atoms with E-state index in [2.05, 4.69) is 15.3 Å². The molecule has 3 aliphatic rings. The van der Waals surface area contributed by atoms with Gasteiger partial charge in [-0.1, -0.05) is 176 Å². The lowest BCUT2D eigenvalue weighted by molar-refractivity contribution is -0.301. The van der Waals surface area contributed by atoms with Crippen LogP contribution in [0.5, 0.6) is 0 Å². The Bertz CT molecular complexity index is 3110. The minimum absolute atomic E-state index is 0.0234. The standard InChI is InChI=1S/C68H93N4O20PSi/c1-11-50(80-39-46-29-21-17-22-30-46)36-58(76)90-65-61(71-72-69)67(92-94(9,10)68(6,7)8)88-54(62(65)81-40-47-31-23-18-24-32-47)44-82-66-60(70-55(73)35-51(12-2)85-56(74)14-4)64(89-59(77)37-52(13-3)86-57(75)15-5)63(53(87-66)43-79-38-45-27-19-16-20-28-45)91-93(78)83-41-48-33-25-26-34-49(48)42-84-93/h16-34,50-54,60-67H,11-15,35-44H2,1-10H3,(H,70,73)/t50-,51-,52-,53?,54?,60?,61?,62+,63+,64-,65-,66-,67?/m1/s1. The summed E-state index contributed by atoms with van der Waals surface area (Å²) >= 11 is 0. The highest BCUT2D eigenvalue weighted by molar-refractivity contribution is 7.48. The second kappa shape index (κ2) is 36.6. The van der Waals surface area contributed by atoms with E-state index >= 15 is 4.57 Å². The first-order chi connectivity index (χ1) is 45.1. The van der Waals surface area contributed by atoms with Gasteiger partial charge in [-0.2, -0.15) is 0 Å². The van der Waals surface area contributed by atoms with Crippen LogP contribution in [0.2, 0.25) is 18.1 Å². The summed E-state index contributed by atoms with van der Waals surface area (Å²) in [5, 5.41) is 6.73. The highest BCUT2D eigenvalue weighted by Crippen LogP contribution is 2.55. The number of nitrogens with zero attached hydrogens (tertiary/aromatic N) is 3. The van der Waals surface area contributed by atoms with Crippen molar-refractivity contribution < 1.29 is 93.9 Å². The molecule has 0 radical (unpaired) electrons. The Hall–Kier alpha value is -6.41. The summed E-state index contributed by atoms with van der Waals surface area (Å²) in [6.07, 6.45) is -14.6. The molecule has 5 unspecified atom stereocenters. The van der Waals surface area contributed by atoms with Gasteiger partial charge < -0.3 is 57.1 Å². The number of phosphoric acid groups is 1. The molecule has 0 bridgehead atoms. The fourth-order valence-electron chi connectivity index (χ4n) is 10.3. The molecule has 0 aliphatic carbocycles. The van der Waals surface area contributed by atoms with Gasteiger partial charge in [0.05, 0.1) is 71.6 Å². The molecule has 3 heterocycles. The van der Waals surface area contributed by atoms with Crippen molar-refractivity contribution in [2.45, 2.75) is 238 Å². The predicted molar refractivity (Wildman–Crippen MR) is 346 cm³/mol. The lowest BCUT2D eigenvalue weighted by Crippen LogP contribution is -2.67. The molecule has 7 rings (SSSR count). The summed E-state index contributed by atoms with van der Waals surface area (Å²) in [6.45, 7) is 17.5. The van der Waals surface area contributed by atoms with Crippen LogP contribution in [-0.4, -0.2) is 131 Å². The monoisotopic (exact) mass is 1340 g/mol. The molecule has 1 N–H and O–H groups in total. The number of fused-ring (bicyclic) bond motifs is 1. The van der Waals surface area contributed by atoms with Crippen molar-refractivity contribution in [3.05, 3.63) is 154 Å². The number of nitrogens with one attached hydrogen (secondary N) is 1. The quantitative estimate of drug-likeness (QED) is 0.00864. The second-order valence-corrected chi connectivity index (χ2v) is 31.2. The molecule has 24 nitrogen and oxygen atoms in total. The third-order valence-corrected chi connectivity index (χ3v) is 22.7. The normalized spacial score (nSPS) is 23.8. The van der Waals surface area contributed by atoms with Crippen LogP contribution in [0.25, 0.3) is 10.4 Å². The number of azide groups is 1. The van der Waals surface area contributed by atoms with Crippen LogP contribution < -0.4 is 5.32 Å². The summed E-state index contributed by atoms with van der Waals surface area (Å²) in [5.74, 6) is -3.48. The van der Waals surface area contributed by atoms with Crippen LogP contribution in [0.3, 0.4) is 0 Å². The van der Waals surface area contributed by atoms with Crippen molar-refractivity contribution in [1.29, 1.82) is 0 Å². The third-order valence-electron chi connectivity index (χ3n) is 16.8. The van der Waals surface area contributed by atoms with Crippen molar-refractivity contribution in [2.24, 2.45) is 5.11 Å². The number of esters is 4. The number of hydrogen-bond acceptors (Lipinski definition) is 21. The van der Waals surface area contributed by atoms with Gasteiger partial charge in [0.25, 0.3) is 0 Å². The smallest absolute Gasteiger partial charge is 0.462 e. The molecule has 1 amide bonds. The van der Waals surface area contributed by atoms with Crippen LogP contribution >= 0.6 is 7.82 Å². The Morgan fingerprint density at radius 1 is 0.606 bits per heavy atom. The number of ether oxygens (including phenoxy) is 10. The van der Waals surface area contributed by atoms with E-state index in [1.54, 1.807) is 52.0 Å².